The van der Waals surface area contributed by atoms with Crippen molar-refractivity contribution in [2.45, 2.75) is 44.8 Å². The molecule has 1 fully saturated rings. The van der Waals surface area contributed by atoms with Crippen LogP contribution in [0.25, 0.3) is 0 Å². The van der Waals surface area contributed by atoms with E-state index in [9.17, 15) is 0 Å². The first kappa shape index (κ1) is 8.02. The largest absolute Gasteiger partial charge is 0.396 e. The lowest BCUT2D eigenvalue weighted by molar-refractivity contribution is -0.187. The minimum atomic E-state index is 0.111. The lowest BCUT2D eigenvalue weighted by atomic mass is 9.91. The fourth-order valence-corrected chi connectivity index (χ4v) is 1.47. The number of aliphatic hydroxyl groups is 1. The first-order valence-corrected chi connectivity index (χ1v) is 3.93. The molecule has 0 radical (unpaired) electrons. The number of hydrogen-bond donors (Lipinski definition) is 1. The van der Waals surface area contributed by atoms with E-state index in [4.69, 9.17) is 9.84 Å². The molecule has 1 saturated heterocycles. The van der Waals surface area contributed by atoms with Gasteiger partial charge in [-0.1, -0.05) is 0 Å². The maximum atomic E-state index is 8.51. The summed E-state index contributed by atoms with van der Waals surface area (Å²) in [5.74, 6) is 0. The van der Waals surface area contributed by atoms with E-state index in [2.05, 4.69) is 13.8 Å². The van der Waals surface area contributed by atoms with Crippen LogP contribution in [0.3, 0.4) is 0 Å². The predicted molar refractivity (Wildman–Crippen MR) is 39.9 cm³/mol. The van der Waals surface area contributed by atoms with E-state index in [0.29, 0.717) is 12.7 Å². The van der Waals surface area contributed by atoms with Gasteiger partial charge >= 0.3 is 0 Å². The van der Waals surface area contributed by atoms with Crippen LogP contribution in [0.15, 0.2) is 0 Å². The van der Waals surface area contributed by atoms with Crippen molar-refractivity contribution in [1.82, 2.24) is 0 Å². The van der Waals surface area contributed by atoms with E-state index < -0.39 is 0 Å². The van der Waals surface area contributed by atoms with Crippen LogP contribution in [-0.2, 0) is 4.74 Å². The Bertz CT molecular complexity index is 102. The summed E-state index contributed by atoms with van der Waals surface area (Å²) in [5.41, 5.74) is 0.111. The van der Waals surface area contributed by atoms with Crippen LogP contribution in [-0.4, -0.2) is 23.4 Å². The lowest BCUT2D eigenvalue weighted by Gasteiger charge is -2.43. The SMILES string of the molecule is CC1(C)C[C@H](CCCO)O1. The molecule has 0 spiro atoms. The van der Waals surface area contributed by atoms with Crippen molar-refractivity contribution in [1.29, 1.82) is 0 Å². The maximum absolute atomic E-state index is 8.51. The highest BCUT2D eigenvalue weighted by atomic mass is 16.5. The van der Waals surface area contributed by atoms with Gasteiger partial charge in [0.25, 0.3) is 0 Å². The van der Waals surface area contributed by atoms with Gasteiger partial charge in [-0.25, -0.2) is 0 Å². The van der Waals surface area contributed by atoms with Gasteiger partial charge in [0.05, 0.1) is 11.7 Å². The molecule has 2 heteroatoms. The molecule has 1 atom stereocenters. The summed E-state index contributed by atoms with van der Waals surface area (Å²) in [6.07, 6.45) is 3.45. The monoisotopic (exact) mass is 144 g/mol. The Labute approximate surface area is 62.2 Å². The molecule has 0 saturated carbocycles. The van der Waals surface area contributed by atoms with Gasteiger partial charge in [-0.05, 0) is 26.7 Å². The molecule has 1 rings (SSSR count). The van der Waals surface area contributed by atoms with Gasteiger partial charge in [-0.2, -0.15) is 0 Å². The Morgan fingerprint density at radius 2 is 2.20 bits per heavy atom. The van der Waals surface area contributed by atoms with Crippen LogP contribution < -0.4 is 0 Å². The van der Waals surface area contributed by atoms with Crippen molar-refractivity contribution in [2.24, 2.45) is 0 Å². The van der Waals surface area contributed by atoms with Gasteiger partial charge in [0.1, 0.15) is 0 Å². The minimum Gasteiger partial charge on any atom is -0.396 e. The smallest absolute Gasteiger partial charge is 0.0655 e. The normalized spacial score (nSPS) is 29.7. The molecule has 0 amide bonds. The highest BCUT2D eigenvalue weighted by Gasteiger charge is 2.36. The fourth-order valence-electron chi connectivity index (χ4n) is 1.47. The second-order valence-corrected chi connectivity index (χ2v) is 3.57. The molecule has 0 unspecified atom stereocenters. The lowest BCUT2D eigenvalue weighted by Crippen LogP contribution is -2.45. The van der Waals surface area contributed by atoms with Crippen molar-refractivity contribution in [2.75, 3.05) is 6.61 Å². The molecule has 0 aromatic rings. The summed E-state index contributed by atoms with van der Waals surface area (Å²) < 4.78 is 5.52. The van der Waals surface area contributed by atoms with E-state index in [0.717, 1.165) is 19.3 Å². The molecule has 10 heavy (non-hydrogen) atoms. The average Bonchev–Trinajstić information content (AvgIpc) is 1.78. The van der Waals surface area contributed by atoms with Crippen LogP contribution in [0.5, 0.6) is 0 Å². The second kappa shape index (κ2) is 2.89. The molecular weight excluding hydrogens is 128 g/mol. The van der Waals surface area contributed by atoms with Crippen LogP contribution >= 0.6 is 0 Å². The van der Waals surface area contributed by atoms with Crippen LogP contribution in [0, 0.1) is 0 Å². The van der Waals surface area contributed by atoms with Crippen LogP contribution in [0.2, 0.25) is 0 Å². The Morgan fingerprint density at radius 3 is 2.60 bits per heavy atom. The number of ether oxygens (including phenoxy) is 1. The van der Waals surface area contributed by atoms with E-state index in [1.165, 1.54) is 0 Å². The van der Waals surface area contributed by atoms with Crippen LogP contribution in [0.4, 0.5) is 0 Å². The number of aliphatic hydroxyl groups excluding tert-OH is 1. The quantitative estimate of drug-likeness (QED) is 0.647. The Hall–Kier alpha value is -0.0800. The highest BCUT2D eigenvalue weighted by Crippen LogP contribution is 2.33. The molecule has 0 bridgehead atoms. The van der Waals surface area contributed by atoms with E-state index in [-0.39, 0.29) is 5.60 Å². The summed E-state index contributed by atoms with van der Waals surface area (Å²) in [4.78, 5) is 0. The third-order valence-electron chi connectivity index (χ3n) is 1.89. The molecule has 0 aliphatic carbocycles. The Kier molecular flexibility index (Phi) is 2.32. The molecule has 60 valence electrons. The average molecular weight is 144 g/mol. The molecule has 2 nitrogen and oxygen atoms in total. The Morgan fingerprint density at radius 1 is 1.60 bits per heavy atom. The highest BCUT2D eigenvalue weighted by molar-refractivity contribution is 4.85. The van der Waals surface area contributed by atoms with E-state index in [1.807, 2.05) is 0 Å². The summed E-state index contributed by atoms with van der Waals surface area (Å²) >= 11 is 0. The standard InChI is InChI=1S/C8H16O2/c1-8(2)6-7(10-8)4-3-5-9/h7,9H,3-6H2,1-2H3/t7-/m0/s1. The maximum Gasteiger partial charge on any atom is 0.0655 e. The molecule has 1 heterocycles. The summed E-state index contributed by atoms with van der Waals surface area (Å²) in [5, 5.41) is 8.51. The van der Waals surface area contributed by atoms with Gasteiger partial charge in [0, 0.05) is 13.0 Å². The molecule has 1 aliphatic rings. The first-order valence-electron chi connectivity index (χ1n) is 3.93. The summed E-state index contributed by atoms with van der Waals surface area (Å²) in [7, 11) is 0. The van der Waals surface area contributed by atoms with Crippen molar-refractivity contribution < 1.29 is 9.84 Å². The Balaban J connectivity index is 2.03. The first-order chi connectivity index (χ1) is 4.64. The van der Waals surface area contributed by atoms with E-state index in [1.54, 1.807) is 0 Å². The zero-order valence-electron chi connectivity index (χ0n) is 6.76. The second-order valence-electron chi connectivity index (χ2n) is 3.57. The van der Waals surface area contributed by atoms with Gasteiger partial charge in [-0.3, -0.25) is 0 Å². The van der Waals surface area contributed by atoms with Crippen molar-refractivity contribution in [3.8, 4) is 0 Å². The minimum absolute atomic E-state index is 0.111. The van der Waals surface area contributed by atoms with Gasteiger partial charge < -0.3 is 9.84 Å². The summed E-state index contributed by atoms with van der Waals surface area (Å²) in [6.45, 7) is 4.49. The zero-order valence-corrected chi connectivity index (χ0v) is 6.76. The van der Waals surface area contributed by atoms with E-state index >= 15 is 0 Å². The van der Waals surface area contributed by atoms with Gasteiger partial charge in [0.2, 0.25) is 0 Å². The molecule has 1 N–H and O–H groups in total. The third-order valence-corrected chi connectivity index (χ3v) is 1.89. The molecule has 0 aromatic carbocycles. The summed E-state index contributed by atoms with van der Waals surface area (Å²) in [6, 6.07) is 0. The van der Waals surface area contributed by atoms with Crippen molar-refractivity contribution in [3.63, 3.8) is 0 Å². The van der Waals surface area contributed by atoms with Crippen molar-refractivity contribution >= 4 is 0 Å². The molecule has 1 aliphatic heterocycles. The fraction of sp³-hybridized carbons (Fsp3) is 1.00. The van der Waals surface area contributed by atoms with Gasteiger partial charge in [-0.15, -0.1) is 0 Å². The van der Waals surface area contributed by atoms with Crippen LogP contribution in [0.1, 0.15) is 33.1 Å². The topological polar surface area (TPSA) is 29.5 Å². The van der Waals surface area contributed by atoms with Gasteiger partial charge in [0.15, 0.2) is 0 Å². The predicted octanol–water partition coefficient (Wildman–Crippen LogP) is 1.33. The molecular formula is C8H16O2. The zero-order chi connectivity index (χ0) is 7.61. The third kappa shape index (κ3) is 1.96. The molecule has 0 aromatic heterocycles. The number of rotatable bonds is 3. The van der Waals surface area contributed by atoms with Crippen molar-refractivity contribution in [3.05, 3.63) is 0 Å². The number of hydrogen-bond acceptors (Lipinski definition) is 2.